The molecule has 3 nitrogen and oxygen atoms in total. The summed E-state index contributed by atoms with van der Waals surface area (Å²) >= 11 is 0. The Kier molecular flexibility index (Phi) is 2.24. The first-order valence-corrected chi connectivity index (χ1v) is 4.42. The molecular weight excluding hydrogens is 162 g/mol. The van der Waals surface area contributed by atoms with Gasteiger partial charge in [0.2, 0.25) is 0 Å². The first-order chi connectivity index (χ1) is 6.42. The van der Waals surface area contributed by atoms with Crippen LogP contribution in [-0.2, 0) is 0 Å². The van der Waals surface area contributed by atoms with Crippen LogP contribution < -0.4 is 5.32 Å². The molecule has 1 aromatic rings. The fourth-order valence-electron chi connectivity index (χ4n) is 1.76. The van der Waals surface area contributed by atoms with Crippen molar-refractivity contribution >= 4 is 0 Å². The van der Waals surface area contributed by atoms with Gasteiger partial charge in [0.1, 0.15) is 0 Å². The van der Waals surface area contributed by atoms with Gasteiger partial charge in [0, 0.05) is 31.4 Å². The third-order valence-corrected chi connectivity index (χ3v) is 2.49. The lowest BCUT2D eigenvalue weighted by atomic mass is 9.91. The van der Waals surface area contributed by atoms with E-state index in [1.54, 1.807) is 6.20 Å². The van der Waals surface area contributed by atoms with Gasteiger partial charge in [-0.15, -0.1) is 0 Å². The molecule has 1 aliphatic rings. The second-order valence-corrected chi connectivity index (χ2v) is 3.29. The van der Waals surface area contributed by atoms with E-state index >= 15 is 0 Å². The fourth-order valence-corrected chi connectivity index (χ4v) is 1.76. The van der Waals surface area contributed by atoms with Crippen molar-refractivity contribution in [1.82, 2.24) is 10.3 Å². The van der Waals surface area contributed by atoms with Crippen molar-refractivity contribution in [3.05, 3.63) is 30.1 Å². The molecule has 0 radical (unpaired) electrons. The lowest BCUT2D eigenvalue weighted by Crippen LogP contribution is -2.08. The Morgan fingerprint density at radius 2 is 2.46 bits per heavy atom. The van der Waals surface area contributed by atoms with Crippen LogP contribution in [0, 0.1) is 17.2 Å². The van der Waals surface area contributed by atoms with Crippen LogP contribution in [0.4, 0.5) is 0 Å². The third-order valence-electron chi connectivity index (χ3n) is 2.49. The molecule has 0 spiro atoms. The number of nitrogens with zero attached hydrogens (tertiary/aromatic N) is 2. The topological polar surface area (TPSA) is 48.7 Å². The summed E-state index contributed by atoms with van der Waals surface area (Å²) in [6.07, 6.45) is 3.61. The van der Waals surface area contributed by atoms with E-state index in [4.69, 9.17) is 5.26 Å². The van der Waals surface area contributed by atoms with E-state index in [-0.39, 0.29) is 5.92 Å². The summed E-state index contributed by atoms with van der Waals surface area (Å²) in [4.78, 5) is 4.06. The molecule has 0 aliphatic carbocycles. The Hall–Kier alpha value is -1.40. The largest absolute Gasteiger partial charge is 0.315 e. The Labute approximate surface area is 77.4 Å². The molecule has 66 valence electrons. The van der Waals surface area contributed by atoms with E-state index in [0.29, 0.717) is 5.92 Å². The van der Waals surface area contributed by atoms with Gasteiger partial charge >= 0.3 is 0 Å². The average molecular weight is 173 g/mol. The van der Waals surface area contributed by atoms with E-state index in [1.807, 2.05) is 18.3 Å². The zero-order valence-electron chi connectivity index (χ0n) is 7.27. The number of nitrogens with one attached hydrogen (secondary N) is 1. The highest BCUT2D eigenvalue weighted by molar-refractivity contribution is 5.21. The maximum Gasteiger partial charge on any atom is 0.0676 e. The standard InChI is InChI=1S/C10H11N3/c11-4-9-6-13-7-10(9)8-2-1-3-12-5-8/h1-3,5,9-10,13H,6-7H2/t9-,10+/m1/s1. The van der Waals surface area contributed by atoms with Gasteiger partial charge in [-0.3, -0.25) is 4.98 Å². The van der Waals surface area contributed by atoms with Crippen LogP contribution in [0.2, 0.25) is 0 Å². The SMILES string of the molecule is N#C[C@@H]1CNC[C@H]1c1cccnc1. The first kappa shape index (κ1) is 8.21. The predicted molar refractivity (Wildman–Crippen MR) is 49.0 cm³/mol. The molecule has 0 amide bonds. The summed E-state index contributed by atoms with van der Waals surface area (Å²) < 4.78 is 0. The van der Waals surface area contributed by atoms with Gasteiger partial charge in [-0.1, -0.05) is 6.07 Å². The fraction of sp³-hybridized carbons (Fsp3) is 0.400. The number of hydrogen-bond donors (Lipinski definition) is 1. The second-order valence-electron chi connectivity index (χ2n) is 3.29. The molecule has 3 heteroatoms. The van der Waals surface area contributed by atoms with E-state index in [0.717, 1.165) is 13.1 Å². The van der Waals surface area contributed by atoms with Gasteiger partial charge in [0.15, 0.2) is 0 Å². The van der Waals surface area contributed by atoms with Gasteiger partial charge in [-0.25, -0.2) is 0 Å². The van der Waals surface area contributed by atoms with Crippen LogP contribution in [-0.4, -0.2) is 18.1 Å². The Morgan fingerprint density at radius 3 is 3.15 bits per heavy atom. The minimum Gasteiger partial charge on any atom is -0.315 e. The highest BCUT2D eigenvalue weighted by atomic mass is 14.9. The smallest absolute Gasteiger partial charge is 0.0676 e. The third kappa shape index (κ3) is 1.53. The van der Waals surface area contributed by atoms with Crippen LogP contribution in [0.1, 0.15) is 11.5 Å². The van der Waals surface area contributed by atoms with Crippen LogP contribution in [0.25, 0.3) is 0 Å². The van der Waals surface area contributed by atoms with Gasteiger partial charge in [0.25, 0.3) is 0 Å². The van der Waals surface area contributed by atoms with Crippen molar-refractivity contribution < 1.29 is 0 Å². The van der Waals surface area contributed by atoms with Crippen LogP contribution in [0.15, 0.2) is 24.5 Å². The summed E-state index contributed by atoms with van der Waals surface area (Å²) in [5.74, 6) is 0.419. The summed E-state index contributed by atoms with van der Waals surface area (Å²) in [7, 11) is 0. The quantitative estimate of drug-likeness (QED) is 0.686. The molecule has 0 bridgehead atoms. The Morgan fingerprint density at radius 1 is 1.54 bits per heavy atom. The highest BCUT2D eigenvalue weighted by Crippen LogP contribution is 2.26. The van der Waals surface area contributed by atoms with Gasteiger partial charge < -0.3 is 5.32 Å². The zero-order valence-corrected chi connectivity index (χ0v) is 7.27. The van der Waals surface area contributed by atoms with Crippen molar-refractivity contribution in [3.8, 4) is 6.07 Å². The molecule has 2 atom stereocenters. The van der Waals surface area contributed by atoms with Crippen molar-refractivity contribution in [2.45, 2.75) is 5.92 Å². The number of aromatic nitrogens is 1. The van der Waals surface area contributed by atoms with E-state index in [1.165, 1.54) is 5.56 Å². The Balaban J connectivity index is 2.22. The first-order valence-electron chi connectivity index (χ1n) is 4.42. The Bertz CT molecular complexity index is 315. The van der Waals surface area contributed by atoms with Gasteiger partial charge in [-0.2, -0.15) is 5.26 Å². The molecule has 0 aromatic carbocycles. The molecule has 0 unspecified atom stereocenters. The number of nitriles is 1. The number of rotatable bonds is 1. The van der Waals surface area contributed by atoms with Crippen molar-refractivity contribution in [1.29, 1.82) is 5.26 Å². The summed E-state index contributed by atoms with van der Waals surface area (Å²) in [5, 5.41) is 12.1. The van der Waals surface area contributed by atoms with Gasteiger partial charge in [-0.05, 0) is 11.6 Å². The predicted octanol–water partition coefficient (Wildman–Crippen LogP) is 0.908. The average Bonchev–Trinajstić information content (AvgIpc) is 2.67. The van der Waals surface area contributed by atoms with E-state index in [2.05, 4.69) is 16.4 Å². The number of hydrogen-bond acceptors (Lipinski definition) is 3. The monoisotopic (exact) mass is 173 g/mol. The molecule has 1 saturated heterocycles. The minimum atomic E-state index is 0.101. The molecule has 2 heterocycles. The molecule has 13 heavy (non-hydrogen) atoms. The molecule has 2 rings (SSSR count). The van der Waals surface area contributed by atoms with Crippen LogP contribution >= 0.6 is 0 Å². The molecule has 0 saturated carbocycles. The molecular formula is C10H11N3. The van der Waals surface area contributed by atoms with E-state index in [9.17, 15) is 0 Å². The van der Waals surface area contributed by atoms with Crippen LogP contribution in [0.3, 0.4) is 0 Å². The molecule has 1 fully saturated rings. The lowest BCUT2D eigenvalue weighted by Gasteiger charge is -2.10. The minimum absolute atomic E-state index is 0.101. The maximum absolute atomic E-state index is 8.89. The van der Waals surface area contributed by atoms with E-state index < -0.39 is 0 Å². The molecule has 1 aliphatic heterocycles. The normalized spacial score (nSPS) is 27.0. The van der Waals surface area contributed by atoms with Crippen molar-refractivity contribution in [2.75, 3.05) is 13.1 Å². The maximum atomic E-state index is 8.89. The summed E-state index contributed by atoms with van der Waals surface area (Å²) in [6.45, 7) is 1.69. The van der Waals surface area contributed by atoms with Gasteiger partial charge in [0.05, 0.1) is 12.0 Å². The molecule has 1 N–H and O–H groups in total. The highest BCUT2D eigenvalue weighted by Gasteiger charge is 2.27. The van der Waals surface area contributed by atoms with Crippen molar-refractivity contribution in [3.63, 3.8) is 0 Å². The second kappa shape index (κ2) is 3.55. The lowest BCUT2D eigenvalue weighted by molar-refractivity contribution is 0.644. The van der Waals surface area contributed by atoms with Crippen molar-refractivity contribution in [2.24, 2.45) is 5.92 Å². The zero-order chi connectivity index (χ0) is 9.10. The van der Waals surface area contributed by atoms with Crippen LogP contribution in [0.5, 0.6) is 0 Å². The summed E-state index contributed by atoms with van der Waals surface area (Å²) in [5.41, 5.74) is 1.17. The molecule has 1 aromatic heterocycles. The number of pyridine rings is 1. The summed E-state index contributed by atoms with van der Waals surface area (Å²) in [6, 6.07) is 6.28.